The van der Waals surface area contributed by atoms with E-state index in [-0.39, 0.29) is 46.4 Å². The number of rotatable bonds is 4. The van der Waals surface area contributed by atoms with Gasteiger partial charge >= 0.3 is 11.5 Å². The van der Waals surface area contributed by atoms with Crippen LogP contribution in [0.4, 0.5) is 13.2 Å². The van der Waals surface area contributed by atoms with Crippen molar-refractivity contribution in [3.8, 4) is 6.07 Å². The van der Waals surface area contributed by atoms with Crippen molar-refractivity contribution in [2.45, 2.75) is 30.7 Å². The average Bonchev–Trinajstić information content (AvgIpc) is 2.33. The van der Waals surface area contributed by atoms with Crippen LogP contribution >= 0.6 is 11.8 Å². The number of benzene rings is 1. The summed E-state index contributed by atoms with van der Waals surface area (Å²) in [6.07, 6.45) is -0.251. The summed E-state index contributed by atoms with van der Waals surface area (Å²) < 4.78 is 42.5. The second-order valence-corrected chi connectivity index (χ2v) is 4.94. The maximum atomic E-state index is 12.6. The second kappa shape index (κ2) is 6.66. The lowest BCUT2D eigenvalue weighted by Crippen LogP contribution is -2.10. The van der Waals surface area contributed by atoms with Crippen molar-refractivity contribution < 1.29 is 22.7 Å². The van der Waals surface area contributed by atoms with E-state index in [2.05, 4.69) is 0 Å². The second-order valence-electron chi connectivity index (χ2n) is 3.87. The molecule has 0 aliphatic heterocycles. The van der Waals surface area contributed by atoms with Crippen molar-refractivity contribution in [2.24, 2.45) is 0 Å². The van der Waals surface area contributed by atoms with Gasteiger partial charge in [-0.2, -0.15) is 18.4 Å². The lowest BCUT2D eigenvalue weighted by Gasteiger charge is -2.14. The summed E-state index contributed by atoms with van der Waals surface area (Å²) in [5, 5.41) is 8.87. The zero-order valence-corrected chi connectivity index (χ0v) is 11.7. The van der Waals surface area contributed by atoms with Crippen LogP contribution < -0.4 is 0 Å². The Morgan fingerprint density at radius 1 is 1.45 bits per heavy atom. The quantitative estimate of drug-likeness (QED) is 0.630. The largest absolute Gasteiger partial charge is 0.466 e. The molecule has 0 amide bonds. The highest BCUT2D eigenvalue weighted by Crippen LogP contribution is 2.41. The lowest BCUT2D eigenvalue weighted by atomic mass is 10.0. The predicted octanol–water partition coefficient (Wildman–Crippen LogP) is 3.58. The fraction of sp³-hybridized carbons (Fsp3) is 0.385. The molecule has 0 spiro atoms. The maximum Gasteiger partial charge on any atom is 0.446 e. The minimum Gasteiger partial charge on any atom is -0.466 e. The first kappa shape index (κ1) is 16.4. The molecule has 0 saturated heterocycles. The molecule has 0 unspecified atom stereocenters. The van der Waals surface area contributed by atoms with E-state index in [0.717, 1.165) is 0 Å². The smallest absolute Gasteiger partial charge is 0.446 e. The Balaban J connectivity index is 3.20. The topological polar surface area (TPSA) is 50.1 Å². The summed E-state index contributed by atoms with van der Waals surface area (Å²) in [7, 11) is 0. The van der Waals surface area contributed by atoms with Gasteiger partial charge in [-0.1, -0.05) is 6.07 Å². The van der Waals surface area contributed by atoms with Gasteiger partial charge in [-0.15, -0.1) is 0 Å². The summed E-state index contributed by atoms with van der Waals surface area (Å²) in [5.41, 5.74) is -3.90. The Bertz CT molecular complexity index is 550. The third-order valence-corrected chi connectivity index (χ3v) is 3.47. The number of hydrogen-bond acceptors (Lipinski definition) is 4. The molecule has 1 aromatic carbocycles. The van der Waals surface area contributed by atoms with Crippen molar-refractivity contribution >= 4 is 17.7 Å². The summed E-state index contributed by atoms with van der Waals surface area (Å²) in [4.78, 5) is 11.3. The minimum absolute atomic E-state index is 0.107. The van der Waals surface area contributed by atoms with Gasteiger partial charge in [-0.3, -0.25) is 4.79 Å². The van der Waals surface area contributed by atoms with Crippen LogP contribution in [-0.2, 0) is 16.0 Å². The van der Waals surface area contributed by atoms with Crippen molar-refractivity contribution in [2.75, 3.05) is 6.61 Å². The molecule has 108 valence electrons. The molecule has 0 saturated carbocycles. The Hall–Kier alpha value is -1.68. The van der Waals surface area contributed by atoms with Gasteiger partial charge in [0.2, 0.25) is 0 Å². The molecule has 1 rings (SSSR count). The van der Waals surface area contributed by atoms with Gasteiger partial charge in [0.25, 0.3) is 0 Å². The first-order chi connectivity index (χ1) is 9.28. The third-order valence-electron chi connectivity index (χ3n) is 2.47. The number of carbonyl (C=O) groups excluding carboxylic acids is 1. The molecule has 0 atom stereocenters. The Labute approximate surface area is 118 Å². The van der Waals surface area contributed by atoms with E-state index in [4.69, 9.17) is 10.00 Å². The summed E-state index contributed by atoms with van der Waals surface area (Å²) in [6.45, 7) is 3.21. The van der Waals surface area contributed by atoms with Crippen molar-refractivity contribution in [1.82, 2.24) is 0 Å². The van der Waals surface area contributed by atoms with Crippen LogP contribution in [0, 0.1) is 18.3 Å². The van der Waals surface area contributed by atoms with Crippen LogP contribution in [-0.4, -0.2) is 18.1 Å². The Morgan fingerprint density at radius 2 is 2.10 bits per heavy atom. The molecular weight excluding hydrogens is 291 g/mol. The van der Waals surface area contributed by atoms with Gasteiger partial charge in [0, 0.05) is 4.90 Å². The molecule has 0 aliphatic rings. The van der Waals surface area contributed by atoms with Crippen LogP contribution in [0.25, 0.3) is 0 Å². The third kappa shape index (κ3) is 4.46. The molecule has 1 aromatic rings. The molecule has 0 heterocycles. The van der Waals surface area contributed by atoms with Gasteiger partial charge in [0.05, 0.1) is 24.7 Å². The lowest BCUT2D eigenvalue weighted by molar-refractivity contribution is -0.142. The first-order valence-corrected chi connectivity index (χ1v) is 6.54. The van der Waals surface area contributed by atoms with Gasteiger partial charge < -0.3 is 4.74 Å². The molecule has 3 nitrogen and oxygen atoms in total. The summed E-state index contributed by atoms with van der Waals surface area (Å²) in [6, 6.07) is 4.60. The molecule has 0 radical (unpaired) electrons. The van der Waals surface area contributed by atoms with Crippen LogP contribution in [0.2, 0.25) is 0 Å². The molecule has 0 fully saturated rings. The van der Waals surface area contributed by atoms with E-state index in [1.807, 2.05) is 6.07 Å². The predicted molar refractivity (Wildman–Crippen MR) is 68.1 cm³/mol. The number of esters is 1. The highest BCUT2D eigenvalue weighted by molar-refractivity contribution is 8.00. The molecular formula is C13H12F3NO2S. The number of hydrogen-bond donors (Lipinski definition) is 0. The average molecular weight is 303 g/mol. The van der Waals surface area contributed by atoms with E-state index >= 15 is 0 Å². The Kier molecular flexibility index (Phi) is 5.45. The van der Waals surface area contributed by atoms with E-state index in [0.29, 0.717) is 0 Å². The summed E-state index contributed by atoms with van der Waals surface area (Å²) in [5.74, 6) is -0.597. The van der Waals surface area contributed by atoms with Crippen molar-refractivity contribution in [3.63, 3.8) is 0 Å². The number of nitrogens with zero attached hydrogens (tertiary/aromatic N) is 1. The number of ether oxygens (including phenoxy) is 1. The molecule has 20 heavy (non-hydrogen) atoms. The fourth-order valence-corrected chi connectivity index (χ4v) is 2.40. The monoisotopic (exact) mass is 303 g/mol. The standard InChI is InChI=1S/C13H12F3NO2S/c1-3-19-11(18)6-9-4-5-10(7-17)8(2)12(9)20-13(14,15)16/h4-5H,3,6H2,1-2H3. The van der Waals surface area contributed by atoms with E-state index < -0.39 is 11.5 Å². The zero-order chi connectivity index (χ0) is 15.3. The van der Waals surface area contributed by atoms with Crippen LogP contribution in [0.15, 0.2) is 17.0 Å². The summed E-state index contributed by atoms with van der Waals surface area (Å²) >= 11 is -0.315. The molecule has 7 heteroatoms. The normalized spacial score (nSPS) is 11.0. The van der Waals surface area contributed by atoms with Crippen LogP contribution in [0.5, 0.6) is 0 Å². The minimum atomic E-state index is -4.48. The fourth-order valence-electron chi connectivity index (χ4n) is 1.63. The van der Waals surface area contributed by atoms with Crippen molar-refractivity contribution in [1.29, 1.82) is 5.26 Å². The first-order valence-electron chi connectivity index (χ1n) is 5.72. The van der Waals surface area contributed by atoms with E-state index in [9.17, 15) is 18.0 Å². The molecule has 0 bridgehead atoms. The SMILES string of the molecule is CCOC(=O)Cc1ccc(C#N)c(C)c1SC(F)(F)F. The number of thioether (sulfide) groups is 1. The number of alkyl halides is 3. The van der Waals surface area contributed by atoms with Crippen LogP contribution in [0.3, 0.4) is 0 Å². The van der Waals surface area contributed by atoms with E-state index in [1.165, 1.54) is 19.1 Å². The Morgan fingerprint density at radius 3 is 2.60 bits per heavy atom. The maximum absolute atomic E-state index is 12.6. The number of carbonyl (C=O) groups is 1. The van der Waals surface area contributed by atoms with Gasteiger partial charge in [0.15, 0.2) is 0 Å². The van der Waals surface area contributed by atoms with Crippen molar-refractivity contribution in [3.05, 3.63) is 28.8 Å². The molecule has 0 aromatic heterocycles. The van der Waals surface area contributed by atoms with Gasteiger partial charge in [-0.05, 0) is 42.8 Å². The molecule has 0 N–H and O–H groups in total. The van der Waals surface area contributed by atoms with Crippen LogP contribution in [0.1, 0.15) is 23.6 Å². The van der Waals surface area contributed by atoms with Gasteiger partial charge in [0.1, 0.15) is 0 Å². The number of halogens is 3. The van der Waals surface area contributed by atoms with Gasteiger partial charge in [-0.25, -0.2) is 0 Å². The molecule has 0 aliphatic carbocycles. The zero-order valence-electron chi connectivity index (χ0n) is 10.9. The number of nitriles is 1. The highest BCUT2D eigenvalue weighted by Gasteiger charge is 2.32. The highest BCUT2D eigenvalue weighted by atomic mass is 32.2. The van der Waals surface area contributed by atoms with E-state index in [1.54, 1.807) is 6.92 Å².